The van der Waals surface area contributed by atoms with Crippen LogP contribution in [0, 0.1) is 0 Å². The average molecular weight is 676 g/mol. The highest BCUT2D eigenvalue weighted by Crippen LogP contribution is 2.39. The summed E-state index contributed by atoms with van der Waals surface area (Å²) in [6, 6.07) is 61.7. The van der Waals surface area contributed by atoms with Gasteiger partial charge in [-0.05, 0) is 72.4 Å². The summed E-state index contributed by atoms with van der Waals surface area (Å²) in [4.78, 5) is 15.7. The molecule has 11 rings (SSSR count). The molecule has 0 aliphatic heterocycles. The molecule has 0 aliphatic rings. The zero-order valence-electron chi connectivity index (χ0n) is 28.5. The van der Waals surface area contributed by atoms with Crippen LogP contribution in [0.1, 0.15) is 0 Å². The Labute approximate surface area is 304 Å². The number of hydrogen-bond donors (Lipinski definition) is 0. The van der Waals surface area contributed by atoms with Crippen molar-refractivity contribution in [3.63, 3.8) is 0 Å². The summed E-state index contributed by atoms with van der Waals surface area (Å²) in [5.41, 5.74) is 6.72. The van der Waals surface area contributed by atoms with Gasteiger partial charge in [-0.1, -0.05) is 158 Å². The van der Waals surface area contributed by atoms with Crippen molar-refractivity contribution in [1.29, 1.82) is 0 Å². The molecule has 0 saturated carbocycles. The van der Waals surface area contributed by atoms with E-state index in [0.29, 0.717) is 17.5 Å². The van der Waals surface area contributed by atoms with Crippen LogP contribution in [0.15, 0.2) is 180 Å². The first-order chi connectivity index (χ1) is 26.2. The maximum Gasteiger partial charge on any atom is 0.164 e. The molecule has 2 heterocycles. The van der Waals surface area contributed by atoms with Crippen LogP contribution in [0.3, 0.4) is 0 Å². The normalized spacial score (nSPS) is 11.8. The first-order valence-electron chi connectivity index (χ1n) is 17.9. The second kappa shape index (κ2) is 11.7. The molecule has 4 heteroatoms. The van der Waals surface area contributed by atoms with E-state index in [9.17, 15) is 0 Å². The Morgan fingerprint density at radius 1 is 0.302 bits per heavy atom. The standard InChI is InChI=1S/C49H29N3O/c1-2-11-35-29-36(26-21-30(35)9-1)31-19-24-34(25-20-31)47-50-48(52-49(51-47)42-16-8-18-44-46(42)41-13-5-6-17-43(41)53-44)40-15-7-14-39-38(40)28-27-33-23-22-32-10-3-4-12-37(32)45(33)39/h1-29H. The molecule has 0 saturated heterocycles. The van der Waals surface area contributed by atoms with Crippen molar-refractivity contribution in [3.8, 4) is 45.3 Å². The summed E-state index contributed by atoms with van der Waals surface area (Å²) >= 11 is 0. The SMILES string of the molecule is c1ccc2cc(-c3ccc(-c4nc(-c5cccc6c5ccc5ccc7ccccc7c56)nc(-c5cccc6oc7ccccc7c56)n4)cc3)ccc2c1. The Morgan fingerprint density at radius 2 is 0.887 bits per heavy atom. The molecule has 11 aromatic rings. The highest BCUT2D eigenvalue weighted by atomic mass is 16.3. The molecular weight excluding hydrogens is 647 g/mol. The summed E-state index contributed by atoms with van der Waals surface area (Å²) in [6.07, 6.45) is 0. The van der Waals surface area contributed by atoms with E-state index in [1.54, 1.807) is 0 Å². The van der Waals surface area contributed by atoms with Gasteiger partial charge < -0.3 is 4.42 Å². The van der Waals surface area contributed by atoms with Crippen molar-refractivity contribution >= 4 is 65.0 Å². The van der Waals surface area contributed by atoms with Crippen molar-refractivity contribution in [2.75, 3.05) is 0 Å². The van der Waals surface area contributed by atoms with E-state index in [1.165, 1.54) is 43.3 Å². The molecule has 0 aliphatic carbocycles. The second-order valence-electron chi connectivity index (χ2n) is 13.6. The van der Waals surface area contributed by atoms with Crippen molar-refractivity contribution < 1.29 is 4.42 Å². The summed E-state index contributed by atoms with van der Waals surface area (Å²) in [5, 5.41) is 11.6. The number of benzene rings is 9. The molecule has 0 atom stereocenters. The minimum absolute atomic E-state index is 0.601. The van der Waals surface area contributed by atoms with E-state index in [4.69, 9.17) is 19.4 Å². The molecule has 0 spiro atoms. The molecular formula is C49H29N3O. The van der Waals surface area contributed by atoms with Crippen LogP contribution in [0.5, 0.6) is 0 Å². The molecule has 0 radical (unpaired) electrons. The quantitative estimate of drug-likeness (QED) is 0.174. The van der Waals surface area contributed by atoms with Gasteiger partial charge in [0, 0.05) is 27.5 Å². The fourth-order valence-corrected chi connectivity index (χ4v) is 7.95. The van der Waals surface area contributed by atoms with Gasteiger partial charge in [-0.2, -0.15) is 0 Å². The molecule has 0 bridgehead atoms. The first-order valence-corrected chi connectivity index (χ1v) is 17.9. The summed E-state index contributed by atoms with van der Waals surface area (Å²) in [7, 11) is 0. The maximum atomic E-state index is 6.29. The van der Waals surface area contributed by atoms with Gasteiger partial charge in [0.15, 0.2) is 17.5 Å². The lowest BCUT2D eigenvalue weighted by atomic mass is 9.94. The number of nitrogens with zero attached hydrogens (tertiary/aromatic N) is 3. The predicted molar refractivity (Wildman–Crippen MR) is 219 cm³/mol. The Hall–Kier alpha value is -7.17. The number of fused-ring (bicyclic) bond motifs is 9. The van der Waals surface area contributed by atoms with Gasteiger partial charge in [-0.3, -0.25) is 0 Å². The third kappa shape index (κ3) is 4.80. The highest BCUT2D eigenvalue weighted by Gasteiger charge is 2.19. The fourth-order valence-electron chi connectivity index (χ4n) is 7.95. The number of rotatable bonds is 4. The summed E-state index contributed by atoms with van der Waals surface area (Å²) < 4.78 is 6.29. The molecule has 246 valence electrons. The van der Waals surface area contributed by atoms with E-state index >= 15 is 0 Å². The van der Waals surface area contributed by atoms with E-state index in [-0.39, 0.29) is 0 Å². The minimum Gasteiger partial charge on any atom is -0.456 e. The van der Waals surface area contributed by atoms with E-state index in [1.807, 2.05) is 30.3 Å². The van der Waals surface area contributed by atoms with Crippen LogP contribution >= 0.6 is 0 Å². The van der Waals surface area contributed by atoms with Gasteiger partial charge in [0.05, 0.1) is 0 Å². The van der Waals surface area contributed by atoms with Crippen LogP contribution in [-0.2, 0) is 0 Å². The minimum atomic E-state index is 0.601. The van der Waals surface area contributed by atoms with Crippen molar-refractivity contribution in [2.24, 2.45) is 0 Å². The van der Waals surface area contributed by atoms with Gasteiger partial charge in [-0.25, -0.2) is 15.0 Å². The Balaban J connectivity index is 1.13. The summed E-state index contributed by atoms with van der Waals surface area (Å²) in [5.74, 6) is 1.84. The lowest BCUT2D eigenvalue weighted by Crippen LogP contribution is -2.01. The summed E-state index contributed by atoms with van der Waals surface area (Å²) in [6.45, 7) is 0. The van der Waals surface area contributed by atoms with Gasteiger partial charge >= 0.3 is 0 Å². The van der Waals surface area contributed by atoms with E-state index in [2.05, 4.69) is 146 Å². The molecule has 53 heavy (non-hydrogen) atoms. The molecule has 0 amide bonds. The first kappa shape index (κ1) is 29.5. The molecule has 0 N–H and O–H groups in total. The van der Waals surface area contributed by atoms with Crippen LogP contribution < -0.4 is 0 Å². The van der Waals surface area contributed by atoms with Crippen LogP contribution in [-0.4, -0.2) is 15.0 Å². The van der Waals surface area contributed by atoms with Crippen molar-refractivity contribution in [3.05, 3.63) is 176 Å². The Morgan fingerprint density at radius 3 is 1.77 bits per heavy atom. The van der Waals surface area contributed by atoms with Gasteiger partial charge in [0.1, 0.15) is 11.2 Å². The fraction of sp³-hybridized carbons (Fsp3) is 0. The molecule has 0 unspecified atom stereocenters. The van der Waals surface area contributed by atoms with Crippen LogP contribution in [0.2, 0.25) is 0 Å². The zero-order chi connectivity index (χ0) is 34.9. The Bertz CT molecular complexity index is 3230. The van der Waals surface area contributed by atoms with Crippen molar-refractivity contribution in [2.45, 2.75) is 0 Å². The molecule has 0 fully saturated rings. The van der Waals surface area contributed by atoms with Gasteiger partial charge in [-0.15, -0.1) is 0 Å². The van der Waals surface area contributed by atoms with Crippen LogP contribution in [0.25, 0.3) is 110 Å². The lowest BCUT2D eigenvalue weighted by Gasteiger charge is -2.13. The van der Waals surface area contributed by atoms with E-state index < -0.39 is 0 Å². The molecule has 4 nitrogen and oxygen atoms in total. The van der Waals surface area contributed by atoms with Gasteiger partial charge in [0.2, 0.25) is 0 Å². The molecule has 9 aromatic carbocycles. The van der Waals surface area contributed by atoms with Gasteiger partial charge in [0.25, 0.3) is 0 Å². The lowest BCUT2D eigenvalue weighted by molar-refractivity contribution is 0.669. The van der Waals surface area contributed by atoms with Crippen molar-refractivity contribution in [1.82, 2.24) is 15.0 Å². The topological polar surface area (TPSA) is 51.8 Å². The monoisotopic (exact) mass is 675 g/mol. The highest BCUT2D eigenvalue weighted by molar-refractivity contribution is 6.22. The zero-order valence-corrected chi connectivity index (χ0v) is 28.5. The smallest absolute Gasteiger partial charge is 0.164 e. The third-order valence-corrected chi connectivity index (χ3v) is 10.5. The number of furan rings is 1. The maximum absolute atomic E-state index is 6.29. The largest absolute Gasteiger partial charge is 0.456 e. The van der Waals surface area contributed by atoms with Crippen LogP contribution in [0.4, 0.5) is 0 Å². The predicted octanol–water partition coefficient (Wildman–Crippen LogP) is 13.1. The number of aromatic nitrogens is 3. The van der Waals surface area contributed by atoms with E-state index in [0.717, 1.165) is 49.6 Å². The molecule has 2 aromatic heterocycles. The Kier molecular flexibility index (Phi) is 6.52. The number of hydrogen-bond acceptors (Lipinski definition) is 4. The average Bonchev–Trinajstić information content (AvgIpc) is 3.62. The third-order valence-electron chi connectivity index (χ3n) is 10.5. The number of para-hydroxylation sites is 1. The second-order valence-corrected chi connectivity index (χ2v) is 13.6.